The van der Waals surface area contributed by atoms with Gasteiger partial charge >= 0.3 is 6.36 Å². The van der Waals surface area contributed by atoms with Crippen LogP contribution in [0.1, 0.15) is 48.7 Å². The summed E-state index contributed by atoms with van der Waals surface area (Å²) in [6, 6.07) is 5.93. The molecule has 0 bridgehead atoms. The molecule has 0 atom stereocenters. The van der Waals surface area contributed by atoms with E-state index in [0.717, 1.165) is 27.9 Å². The molecule has 0 spiro atoms. The Morgan fingerprint density at radius 1 is 1.23 bits per heavy atom. The fraction of sp³-hybridized carbons (Fsp3) is 0.409. The van der Waals surface area contributed by atoms with Crippen LogP contribution in [0.4, 0.5) is 13.2 Å². The van der Waals surface area contributed by atoms with Gasteiger partial charge in [-0.25, -0.2) is 9.67 Å². The van der Waals surface area contributed by atoms with E-state index < -0.39 is 6.36 Å². The lowest BCUT2D eigenvalue weighted by molar-refractivity contribution is -0.274. The Balaban J connectivity index is 1.66. The van der Waals surface area contributed by atoms with Gasteiger partial charge in [-0.3, -0.25) is 4.79 Å². The number of alkyl halides is 3. The number of amides is 1. The van der Waals surface area contributed by atoms with Crippen LogP contribution in [0.3, 0.4) is 0 Å². The normalized spacial score (nSPS) is 11.9. The lowest BCUT2D eigenvalue weighted by Gasteiger charge is -2.14. The Labute approximate surface area is 178 Å². The number of halogens is 3. The first kappa shape index (κ1) is 22.6. The number of carbonyl (C=O) groups is 1. The second-order valence-corrected chi connectivity index (χ2v) is 7.65. The highest BCUT2D eigenvalue weighted by Crippen LogP contribution is 2.27. The summed E-state index contributed by atoms with van der Waals surface area (Å²) in [5, 5.41) is 8.03. The van der Waals surface area contributed by atoms with E-state index in [0.29, 0.717) is 6.42 Å². The molecule has 2 aromatic heterocycles. The smallest absolute Gasteiger partial charge is 0.405 e. The Kier molecular flexibility index (Phi) is 6.52. The van der Waals surface area contributed by atoms with Crippen molar-refractivity contribution >= 4 is 16.9 Å². The lowest BCUT2D eigenvalue weighted by atomic mass is 10.0. The van der Waals surface area contributed by atoms with Gasteiger partial charge in [-0.2, -0.15) is 5.10 Å². The van der Waals surface area contributed by atoms with Gasteiger partial charge in [-0.1, -0.05) is 18.2 Å². The van der Waals surface area contributed by atoms with Gasteiger partial charge in [0.15, 0.2) is 5.65 Å². The van der Waals surface area contributed by atoms with Crippen LogP contribution in [0, 0.1) is 13.8 Å². The molecule has 1 N–H and O–H groups in total. The zero-order valence-corrected chi connectivity index (χ0v) is 17.9. The van der Waals surface area contributed by atoms with Gasteiger partial charge in [0.25, 0.3) is 0 Å². The molecule has 0 fully saturated rings. The molecule has 166 valence electrons. The van der Waals surface area contributed by atoms with E-state index in [9.17, 15) is 18.0 Å². The van der Waals surface area contributed by atoms with Crippen molar-refractivity contribution in [3.8, 4) is 5.75 Å². The Bertz CT molecular complexity index is 1090. The molecular weight excluding hydrogens is 409 g/mol. The zero-order valence-electron chi connectivity index (χ0n) is 17.9. The van der Waals surface area contributed by atoms with E-state index in [1.165, 1.54) is 18.2 Å². The Morgan fingerprint density at radius 3 is 2.61 bits per heavy atom. The summed E-state index contributed by atoms with van der Waals surface area (Å²) in [7, 11) is 0. The number of carbonyl (C=O) groups excluding carboxylic acids is 1. The van der Waals surface area contributed by atoms with Crippen LogP contribution in [0.2, 0.25) is 0 Å². The number of rotatable bonds is 7. The number of para-hydroxylation sites is 1. The van der Waals surface area contributed by atoms with Crippen LogP contribution in [-0.2, 0) is 17.8 Å². The molecule has 3 aromatic rings. The van der Waals surface area contributed by atoms with Crippen molar-refractivity contribution in [2.24, 2.45) is 0 Å². The second kappa shape index (κ2) is 8.95. The molecule has 31 heavy (non-hydrogen) atoms. The summed E-state index contributed by atoms with van der Waals surface area (Å²) in [5.41, 5.74) is 3.92. The quantitative estimate of drug-likeness (QED) is 0.581. The molecule has 0 unspecified atom stereocenters. The number of ether oxygens (including phenoxy) is 1. The van der Waals surface area contributed by atoms with Crippen molar-refractivity contribution in [3.63, 3.8) is 0 Å². The van der Waals surface area contributed by atoms with Gasteiger partial charge in [0.1, 0.15) is 5.75 Å². The number of nitrogens with zero attached hydrogens (tertiary/aromatic N) is 3. The second-order valence-electron chi connectivity index (χ2n) is 7.65. The van der Waals surface area contributed by atoms with Crippen molar-refractivity contribution in [2.45, 2.75) is 59.5 Å². The van der Waals surface area contributed by atoms with Crippen LogP contribution in [-0.4, -0.2) is 27.0 Å². The molecule has 2 heterocycles. The van der Waals surface area contributed by atoms with Gasteiger partial charge in [-0.15, -0.1) is 13.2 Å². The minimum Gasteiger partial charge on any atom is -0.405 e. The summed E-state index contributed by atoms with van der Waals surface area (Å²) in [5.74, 6) is -0.586. The molecule has 0 radical (unpaired) electrons. The first-order valence-electron chi connectivity index (χ1n) is 10.0. The summed E-state index contributed by atoms with van der Waals surface area (Å²) in [4.78, 5) is 17.0. The molecule has 1 aromatic carbocycles. The van der Waals surface area contributed by atoms with Crippen LogP contribution >= 0.6 is 0 Å². The first-order valence-corrected chi connectivity index (χ1v) is 10.0. The molecule has 0 aliphatic rings. The molecule has 6 nitrogen and oxygen atoms in total. The molecule has 0 aliphatic heterocycles. The van der Waals surface area contributed by atoms with Crippen LogP contribution in [0.25, 0.3) is 11.0 Å². The van der Waals surface area contributed by atoms with E-state index >= 15 is 0 Å². The third-order valence-corrected chi connectivity index (χ3v) is 5.10. The minimum atomic E-state index is -4.79. The SMILES string of the molecule is Cc1nc2c(cnn2C(C)C)c(C)c1CCC(=O)NCc1ccccc1OC(F)(F)F. The Morgan fingerprint density at radius 2 is 1.94 bits per heavy atom. The van der Waals surface area contributed by atoms with Gasteiger partial charge in [0, 0.05) is 35.7 Å². The number of fused-ring (bicyclic) bond motifs is 1. The maximum Gasteiger partial charge on any atom is 0.573 e. The molecule has 0 saturated carbocycles. The molecule has 0 aliphatic carbocycles. The Hall–Kier alpha value is -3.10. The number of hydrogen-bond acceptors (Lipinski definition) is 4. The topological polar surface area (TPSA) is 69.0 Å². The predicted molar refractivity (Wildman–Crippen MR) is 111 cm³/mol. The fourth-order valence-corrected chi connectivity index (χ4v) is 3.53. The predicted octanol–water partition coefficient (Wildman–Crippen LogP) is 4.78. The highest BCUT2D eigenvalue weighted by Gasteiger charge is 2.32. The van der Waals surface area contributed by atoms with E-state index in [1.54, 1.807) is 12.3 Å². The number of nitrogens with one attached hydrogen (secondary N) is 1. The van der Waals surface area contributed by atoms with Crippen LogP contribution in [0.15, 0.2) is 30.5 Å². The van der Waals surface area contributed by atoms with Crippen molar-refractivity contribution in [3.05, 3.63) is 52.8 Å². The first-order chi connectivity index (χ1) is 14.6. The average Bonchev–Trinajstić information content (AvgIpc) is 3.10. The summed E-state index contributed by atoms with van der Waals surface area (Å²) in [6.45, 7) is 7.91. The molecule has 1 amide bonds. The number of aromatic nitrogens is 3. The van der Waals surface area contributed by atoms with Gasteiger partial charge in [-0.05, 0) is 51.3 Å². The highest BCUT2D eigenvalue weighted by molar-refractivity contribution is 5.81. The standard InChI is InChI=1S/C22H25F3N4O2/c1-13(2)29-21-18(12-27-29)14(3)17(15(4)28-21)9-10-20(30)26-11-16-7-5-6-8-19(16)31-22(23,24)25/h5-8,12-13H,9-11H2,1-4H3,(H,26,30). The van der Waals surface area contributed by atoms with Crippen LogP contribution in [0.5, 0.6) is 5.75 Å². The fourth-order valence-electron chi connectivity index (χ4n) is 3.53. The maximum atomic E-state index is 12.5. The molecule has 0 saturated heterocycles. The summed E-state index contributed by atoms with van der Waals surface area (Å²) >= 11 is 0. The van der Waals surface area contributed by atoms with Crippen molar-refractivity contribution in [1.29, 1.82) is 0 Å². The van der Waals surface area contributed by atoms with E-state index in [2.05, 4.69) is 20.1 Å². The minimum absolute atomic E-state index is 0.0541. The summed E-state index contributed by atoms with van der Waals surface area (Å²) < 4.78 is 43.5. The number of pyridine rings is 1. The third-order valence-electron chi connectivity index (χ3n) is 5.10. The molecule has 9 heteroatoms. The maximum absolute atomic E-state index is 12.5. The van der Waals surface area contributed by atoms with Gasteiger partial charge < -0.3 is 10.1 Å². The number of hydrogen-bond donors (Lipinski definition) is 1. The van der Waals surface area contributed by atoms with Crippen molar-refractivity contribution in [2.75, 3.05) is 0 Å². The van der Waals surface area contributed by atoms with Crippen molar-refractivity contribution < 1.29 is 22.7 Å². The third kappa shape index (κ3) is 5.34. The number of benzene rings is 1. The van der Waals surface area contributed by atoms with E-state index in [-0.39, 0.29) is 36.2 Å². The van der Waals surface area contributed by atoms with E-state index in [4.69, 9.17) is 0 Å². The molecular formula is C22H25F3N4O2. The van der Waals surface area contributed by atoms with Crippen LogP contribution < -0.4 is 10.1 Å². The van der Waals surface area contributed by atoms with E-state index in [1.807, 2.05) is 32.4 Å². The number of aryl methyl sites for hydroxylation is 2. The monoisotopic (exact) mass is 434 g/mol. The summed E-state index contributed by atoms with van der Waals surface area (Å²) in [6.07, 6.45) is -2.34. The zero-order chi connectivity index (χ0) is 22.8. The van der Waals surface area contributed by atoms with Gasteiger partial charge in [0.05, 0.1) is 6.20 Å². The van der Waals surface area contributed by atoms with Crippen molar-refractivity contribution in [1.82, 2.24) is 20.1 Å². The average molecular weight is 434 g/mol. The lowest BCUT2D eigenvalue weighted by Crippen LogP contribution is -2.24. The molecule has 3 rings (SSSR count). The largest absolute Gasteiger partial charge is 0.573 e. The van der Waals surface area contributed by atoms with Gasteiger partial charge in [0.2, 0.25) is 5.91 Å². The highest BCUT2D eigenvalue weighted by atomic mass is 19.4.